The minimum absolute atomic E-state index is 0.156. The molecule has 1 unspecified atom stereocenters. The van der Waals surface area contributed by atoms with Crippen molar-refractivity contribution < 1.29 is 13.9 Å². The summed E-state index contributed by atoms with van der Waals surface area (Å²) >= 11 is 0. The van der Waals surface area contributed by atoms with Crippen LogP contribution in [-0.4, -0.2) is 12.6 Å². The van der Waals surface area contributed by atoms with Gasteiger partial charge in [0, 0.05) is 0 Å². The minimum atomic E-state index is -0.559. The number of rotatable bonds is 5. The van der Waals surface area contributed by atoms with Gasteiger partial charge >= 0.3 is 5.97 Å². The summed E-state index contributed by atoms with van der Waals surface area (Å²) in [5.41, 5.74) is 1.51. The first-order chi connectivity index (χ1) is 9.72. The molecule has 0 fully saturated rings. The predicted octanol–water partition coefficient (Wildman–Crippen LogP) is 3.69. The molecular formula is C17H15FO2. The summed E-state index contributed by atoms with van der Waals surface area (Å²) in [7, 11) is 0. The molecule has 2 nitrogen and oxygen atoms in total. The van der Waals surface area contributed by atoms with Crippen LogP contribution in [0.5, 0.6) is 0 Å². The van der Waals surface area contributed by atoms with Gasteiger partial charge in [-0.05, 0) is 23.3 Å². The van der Waals surface area contributed by atoms with Crippen LogP contribution in [0.2, 0.25) is 0 Å². The van der Waals surface area contributed by atoms with E-state index in [1.165, 1.54) is 18.2 Å². The number of halogens is 1. The fourth-order valence-electron chi connectivity index (χ4n) is 1.99. The van der Waals surface area contributed by atoms with Crippen LogP contribution in [0.25, 0.3) is 0 Å². The first-order valence-electron chi connectivity index (χ1n) is 6.30. The summed E-state index contributed by atoms with van der Waals surface area (Å²) in [5.74, 6) is -1.26. The zero-order chi connectivity index (χ0) is 14.4. The summed E-state index contributed by atoms with van der Waals surface area (Å²) in [6.07, 6.45) is 1.52. The second-order valence-electron chi connectivity index (χ2n) is 4.31. The number of carbonyl (C=O) groups excluding carboxylic acids is 1. The van der Waals surface area contributed by atoms with Crippen molar-refractivity contribution in [2.24, 2.45) is 0 Å². The molecule has 0 saturated carbocycles. The summed E-state index contributed by atoms with van der Waals surface area (Å²) in [5, 5.41) is 0. The molecular weight excluding hydrogens is 255 g/mol. The Morgan fingerprint density at radius 3 is 2.30 bits per heavy atom. The van der Waals surface area contributed by atoms with Gasteiger partial charge in [-0.2, -0.15) is 0 Å². The average Bonchev–Trinajstić information content (AvgIpc) is 2.48. The molecule has 0 saturated heterocycles. The monoisotopic (exact) mass is 270 g/mol. The Hall–Kier alpha value is -2.42. The molecule has 0 radical (unpaired) electrons. The van der Waals surface area contributed by atoms with Gasteiger partial charge in [0.15, 0.2) is 0 Å². The van der Waals surface area contributed by atoms with Crippen LogP contribution in [-0.2, 0) is 9.53 Å². The molecule has 2 rings (SSSR count). The van der Waals surface area contributed by atoms with Gasteiger partial charge in [-0.3, -0.25) is 4.79 Å². The lowest BCUT2D eigenvalue weighted by atomic mass is 9.91. The lowest BCUT2D eigenvalue weighted by Gasteiger charge is -2.16. The van der Waals surface area contributed by atoms with Crippen LogP contribution in [0.1, 0.15) is 17.0 Å². The van der Waals surface area contributed by atoms with Crippen LogP contribution < -0.4 is 0 Å². The quantitative estimate of drug-likeness (QED) is 0.612. The fourth-order valence-corrected chi connectivity index (χ4v) is 1.99. The molecule has 0 amide bonds. The smallest absolute Gasteiger partial charge is 0.318 e. The Morgan fingerprint density at radius 1 is 1.10 bits per heavy atom. The van der Waals surface area contributed by atoms with Gasteiger partial charge in [0.05, 0.1) is 0 Å². The second-order valence-corrected chi connectivity index (χ2v) is 4.31. The fraction of sp³-hybridized carbons (Fsp3) is 0.118. The van der Waals surface area contributed by atoms with Gasteiger partial charge < -0.3 is 4.74 Å². The molecule has 0 N–H and O–H groups in total. The molecule has 0 aliphatic heterocycles. The van der Waals surface area contributed by atoms with E-state index in [0.29, 0.717) is 5.56 Å². The molecule has 2 aromatic rings. The largest absolute Gasteiger partial charge is 0.461 e. The van der Waals surface area contributed by atoms with Crippen molar-refractivity contribution in [2.45, 2.75) is 5.92 Å². The summed E-state index contributed by atoms with van der Waals surface area (Å²) in [6.45, 7) is 3.68. The van der Waals surface area contributed by atoms with E-state index in [1.54, 1.807) is 12.1 Å². The Labute approximate surface area is 117 Å². The zero-order valence-electron chi connectivity index (χ0n) is 11.0. The first-order valence-corrected chi connectivity index (χ1v) is 6.30. The highest BCUT2D eigenvalue weighted by atomic mass is 19.1. The summed E-state index contributed by atoms with van der Waals surface area (Å²) < 4.78 is 18.2. The highest BCUT2D eigenvalue weighted by Crippen LogP contribution is 2.26. The molecule has 3 heteroatoms. The molecule has 2 aromatic carbocycles. The van der Waals surface area contributed by atoms with Gasteiger partial charge in [0.1, 0.15) is 18.3 Å². The third-order valence-electron chi connectivity index (χ3n) is 2.92. The van der Waals surface area contributed by atoms with E-state index in [1.807, 2.05) is 30.3 Å². The van der Waals surface area contributed by atoms with Gasteiger partial charge in [-0.25, -0.2) is 4.39 Å². The second kappa shape index (κ2) is 6.66. The van der Waals surface area contributed by atoms with Gasteiger partial charge in [-0.1, -0.05) is 55.1 Å². The Bertz CT molecular complexity index is 576. The van der Waals surface area contributed by atoms with Gasteiger partial charge in [0.2, 0.25) is 0 Å². The molecule has 0 aliphatic carbocycles. The highest BCUT2D eigenvalue weighted by Gasteiger charge is 2.23. The van der Waals surface area contributed by atoms with E-state index in [9.17, 15) is 9.18 Å². The van der Waals surface area contributed by atoms with E-state index < -0.39 is 5.92 Å². The molecule has 0 aromatic heterocycles. The third-order valence-corrected chi connectivity index (χ3v) is 2.92. The molecule has 0 aliphatic rings. The maximum absolute atomic E-state index is 13.0. The van der Waals surface area contributed by atoms with Crippen molar-refractivity contribution >= 4 is 5.97 Å². The van der Waals surface area contributed by atoms with Crippen molar-refractivity contribution in [3.8, 4) is 0 Å². The molecule has 20 heavy (non-hydrogen) atoms. The van der Waals surface area contributed by atoms with E-state index in [0.717, 1.165) is 5.56 Å². The first kappa shape index (κ1) is 14.0. The zero-order valence-corrected chi connectivity index (χ0v) is 11.0. The minimum Gasteiger partial charge on any atom is -0.461 e. The molecule has 102 valence electrons. The highest BCUT2D eigenvalue weighted by molar-refractivity contribution is 5.82. The Morgan fingerprint density at radius 2 is 1.70 bits per heavy atom. The van der Waals surface area contributed by atoms with Gasteiger partial charge in [-0.15, -0.1) is 0 Å². The Kier molecular flexibility index (Phi) is 4.66. The van der Waals surface area contributed by atoms with Crippen LogP contribution >= 0.6 is 0 Å². The Balaban J connectivity index is 2.36. The number of ether oxygens (including phenoxy) is 1. The third kappa shape index (κ3) is 3.32. The number of esters is 1. The number of carbonyl (C=O) groups is 1. The molecule has 1 atom stereocenters. The van der Waals surface area contributed by atoms with E-state index in [-0.39, 0.29) is 18.4 Å². The van der Waals surface area contributed by atoms with Crippen LogP contribution in [0.15, 0.2) is 67.3 Å². The van der Waals surface area contributed by atoms with E-state index in [2.05, 4.69) is 6.58 Å². The number of benzene rings is 2. The summed E-state index contributed by atoms with van der Waals surface area (Å²) in [4.78, 5) is 12.2. The molecule has 0 bridgehead atoms. The van der Waals surface area contributed by atoms with Crippen molar-refractivity contribution in [1.29, 1.82) is 0 Å². The summed E-state index contributed by atoms with van der Waals surface area (Å²) in [6, 6.07) is 15.2. The number of hydrogen-bond donors (Lipinski definition) is 0. The normalized spacial score (nSPS) is 11.7. The maximum Gasteiger partial charge on any atom is 0.318 e. The van der Waals surface area contributed by atoms with E-state index in [4.69, 9.17) is 4.74 Å². The van der Waals surface area contributed by atoms with Crippen molar-refractivity contribution in [3.05, 3.63) is 84.2 Å². The lowest BCUT2D eigenvalue weighted by Crippen LogP contribution is -2.17. The van der Waals surface area contributed by atoms with Crippen LogP contribution in [0.3, 0.4) is 0 Å². The van der Waals surface area contributed by atoms with Crippen molar-refractivity contribution in [2.75, 3.05) is 6.61 Å². The van der Waals surface area contributed by atoms with Crippen molar-refractivity contribution in [1.82, 2.24) is 0 Å². The maximum atomic E-state index is 13.0. The lowest BCUT2D eigenvalue weighted by molar-refractivity contribution is -0.143. The standard InChI is InChI=1S/C17H15FO2/c1-2-12-20-17(19)16(13-6-4-3-5-7-13)14-8-10-15(18)11-9-14/h2-11,16H,1,12H2. The average molecular weight is 270 g/mol. The van der Waals surface area contributed by atoms with Gasteiger partial charge in [0.25, 0.3) is 0 Å². The SMILES string of the molecule is C=CCOC(=O)C(c1ccccc1)c1ccc(F)cc1. The molecule has 0 heterocycles. The molecule has 0 spiro atoms. The van der Waals surface area contributed by atoms with Crippen LogP contribution in [0, 0.1) is 5.82 Å². The van der Waals surface area contributed by atoms with Crippen LogP contribution in [0.4, 0.5) is 4.39 Å². The predicted molar refractivity (Wildman–Crippen MR) is 75.8 cm³/mol. The van der Waals surface area contributed by atoms with E-state index >= 15 is 0 Å². The number of hydrogen-bond acceptors (Lipinski definition) is 2. The van der Waals surface area contributed by atoms with Crippen molar-refractivity contribution in [3.63, 3.8) is 0 Å². The topological polar surface area (TPSA) is 26.3 Å².